The van der Waals surface area contributed by atoms with E-state index in [2.05, 4.69) is 47.0 Å². The van der Waals surface area contributed by atoms with Crippen LogP contribution < -0.4 is 10.6 Å². The summed E-state index contributed by atoms with van der Waals surface area (Å²) in [6.07, 6.45) is 2.07. The van der Waals surface area contributed by atoms with Crippen LogP contribution in [0.25, 0.3) is 11.1 Å². The highest BCUT2D eigenvalue weighted by Gasteiger charge is 2.22. The van der Waals surface area contributed by atoms with Gasteiger partial charge in [-0.05, 0) is 43.0 Å². The molecule has 1 heterocycles. The van der Waals surface area contributed by atoms with Gasteiger partial charge in [0.05, 0.1) is 12.0 Å². The van der Waals surface area contributed by atoms with Crippen molar-refractivity contribution in [2.45, 2.75) is 25.8 Å². The molecule has 1 saturated heterocycles. The van der Waals surface area contributed by atoms with Crippen molar-refractivity contribution in [1.82, 2.24) is 10.6 Å². The van der Waals surface area contributed by atoms with E-state index in [1.54, 1.807) is 0 Å². The lowest BCUT2D eigenvalue weighted by molar-refractivity contribution is -0.126. The van der Waals surface area contributed by atoms with Gasteiger partial charge in [0.25, 0.3) is 0 Å². The van der Waals surface area contributed by atoms with Crippen molar-refractivity contribution < 1.29 is 4.79 Å². The van der Waals surface area contributed by atoms with Crippen LogP contribution in [0.2, 0.25) is 0 Å². The minimum absolute atomic E-state index is 0. The summed E-state index contributed by atoms with van der Waals surface area (Å²) in [4.78, 5) is 12.3. The Hall–Kier alpha value is -1.84. The molecule has 0 aromatic heterocycles. The molecule has 0 radical (unpaired) electrons. The minimum Gasteiger partial charge on any atom is -0.349 e. The Morgan fingerprint density at radius 3 is 2.38 bits per heavy atom. The summed E-state index contributed by atoms with van der Waals surface area (Å²) < 4.78 is 0. The van der Waals surface area contributed by atoms with Crippen molar-refractivity contribution in [2.75, 3.05) is 13.1 Å². The highest BCUT2D eigenvalue weighted by atomic mass is 35.5. The van der Waals surface area contributed by atoms with E-state index >= 15 is 0 Å². The van der Waals surface area contributed by atoms with Gasteiger partial charge in [0.15, 0.2) is 0 Å². The van der Waals surface area contributed by atoms with E-state index < -0.39 is 0 Å². The quantitative estimate of drug-likeness (QED) is 0.881. The fourth-order valence-corrected chi connectivity index (χ4v) is 3.09. The van der Waals surface area contributed by atoms with Crippen molar-refractivity contribution in [1.29, 1.82) is 0 Å². The van der Waals surface area contributed by atoms with Gasteiger partial charge in [0.1, 0.15) is 0 Å². The SMILES string of the molecule is CC(NC(=O)C1CCCNC1)c1ccc(-c2ccccc2)cc1.Cl. The van der Waals surface area contributed by atoms with Crippen LogP contribution in [-0.4, -0.2) is 19.0 Å². The zero-order valence-electron chi connectivity index (χ0n) is 14.0. The summed E-state index contributed by atoms with van der Waals surface area (Å²) in [5.41, 5.74) is 3.55. The predicted molar refractivity (Wildman–Crippen MR) is 101 cm³/mol. The number of halogens is 1. The third kappa shape index (κ3) is 4.59. The first-order chi connectivity index (χ1) is 11.2. The molecule has 0 saturated carbocycles. The molecular weight excluding hydrogens is 320 g/mol. The predicted octanol–water partition coefficient (Wildman–Crippen LogP) is 3.95. The van der Waals surface area contributed by atoms with Crippen LogP contribution in [0.3, 0.4) is 0 Å². The van der Waals surface area contributed by atoms with E-state index in [1.807, 2.05) is 25.1 Å². The molecule has 2 atom stereocenters. The third-order valence-electron chi connectivity index (χ3n) is 4.54. The molecule has 4 heteroatoms. The van der Waals surface area contributed by atoms with Crippen LogP contribution in [0.15, 0.2) is 54.6 Å². The lowest BCUT2D eigenvalue weighted by Gasteiger charge is -2.24. The Morgan fingerprint density at radius 1 is 1.08 bits per heavy atom. The molecule has 1 aliphatic rings. The maximum absolute atomic E-state index is 12.3. The molecule has 0 spiro atoms. The van der Waals surface area contributed by atoms with Crippen LogP contribution in [0, 0.1) is 5.92 Å². The maximum atomic E-state index is 12.3. The number of rotatable bonds is 4. The number of hydrogen-bond acceptors (Lipinski definition) is 2. The number of carbonyl (C=O) groups excluding carboxylic acids is 1. The molecule has 24 heavy (non-hydrogen) atoms. The van der Waals surface area contributed by atoms with E-state index in [1.165, 1.54) is 11.1 Å². The molecule has 0 bridgehead atoms. The molecule has 1 fully saturated rings. The first kappa shape index (κ1) is 18.5. The molecule has 1 aliphatic heterocycles. The zero-order chi connectivity index (χ0) is 16.1. The summed E-state index contributed by atoms with van der Waals surface area (Å²) in [5.74, 6) is 0.270. The van der Waals surface area contributed by atoms with Gasteiger partial charge < -0.3 is 10.6 Å². The topological polar surface area (TPSA) is 41.1 Å². The number of nitrogens with one attached hydrogen (secondary N) is 2. The maximum Gasteiger partial charge on any atom is 0.224 e. The first-order valence-corrected chi connectivity index (χ1v) is 8.40. The molecule has 2 aromatic rings. The highest BCUT2D eigenvalue weighted by molar-refractivity contribution is 5.85. The molecule has 0 aliphatic carbocycles. The molecule has 3 nitrogen and oxygen atoms in total. The molecule has 3 rings (SSSR count). The highest BCUT2D eigenvalue weighted by Crippen LogP contribution is 2.22. The number of amides is 1. The Morgan fingerprint density at radius 2 is 1.75 bits per heavy atom. The van der Waals surface area contributed by atoms with Gasteiger partial charge in [-0.2, -0.15) is 0 Å². The van der Waals surface area contributed by atoms with E-state index in [0.717, 1.165) is 31.5 Å². The lowest BCUT2D eigenvalue weighted by Crippen LogP contribution is -2.41. The van der Waals surface area contributed by atoms with Crippen LogP contribution >= 0.6 is 12.4 Å². The second-order valence-electron chi connectivity index (χ2n) is 6.26. The molecule has 1 amide bonds. The van der Waals surface area contributed by atoms with Gasteiger partial charge >= 0.3 is 0 Å². The molecular formula is C20H25ClN2O. The van der Waals surface area contributed by atoms with Crippen LogP contribution in [0.4, 0.5) is 0 Å². The number of benzene rings is 2. The van der Waals surface area contributed by atoms with E-state index in [9.17, 15) is 4.79 Å². The monoisotopic (exact) mass is 344 g/mol. The smallest absolute Gasteiger partial charge is 0.224 e. The number of hydrogen-bond donors (Lipinski definition) is 2. The Kier molecular flexibility index (Phi) is 6.83. The van der Waals surface area contributed by atoms with E-state index in [0.29, 0.717) is 0 Å². The molecule has 2 unspecified atom stereocenters. The van der Waals surface area contributed by atoms with Crippen molar-refractivity contribution in [2.24, 2.45) is 5.92 Å². The number of carbonyl (C=O) groups is 1. The fourth-order valence-electron chi connectivity index (χ4n) is 3.09. The molecule has 2 N–H and O–H groups in total. The Balaban J connectivity index is 0.00000208. The van der Waals surface area contributed by atoms with Gasteiger partial charge in [-0.1, -0.05) is 54.6 Å². The van der Waals surface area contributed by atoms with Gasteiger partial charge in [-0.15, -0.1) is 12.4 Å². The summed E-state index contributed by atoms with van der Waals surface area (Å²) in [5, 5.41) is 6.44. The zero-order valence-corrected chi connectivity index (χ0v) is 14.8. The van der Waals surface area contributed by atoms with Crippen LogP contribution in [0.5, 0.6) is 0 Å². The fraction of sp³-hybridized carbons (Fsp3) is 0.350. The summed E-state index contributed by atoms with van der Waals surface area (Å²) >= 11 is 0. The molecule has 128 valence electrons. The van der Waals surface area contributed by atoms with Crippen molar-refractivity contribution >= 4 is 18.3 Å². The summed E-state index contributed by atoms with van der Waals surface area (Å²) in [6, 6.07) is 18.8. The summed E-state index contributed by atoms with van der Waals surface area (Å²) in [7, 11) is 0. The van der Waals surface area contributed by atoms with Crippen LogP contribution in [0.1, 0.15) is 31.4 Å². The van der Waals surface area contributed by atoms with Crippen LogP contribution in [-0.2, 0) is 4.79 Å². The molecule has 2 aromatic carbocycles. The Bertz CT molecular complexity index is 636. The van der Waals surface area contributed by atoms with Crippen molar-refractivity contribution in [3.8, 4) is 11.1 Å². The lowest BCUT2D eigenvalue weighted by atomic mass is 9.97. The second-order valence-corrected chi connectivity index (χ2v) is 6.26. The third-order valence-corrected chi connectivity index (χ3v) is 4.54. The minimum atomic E-state index is 0. The van der Waals surface area contributed by atoms with E-state index in [4.69, 9.17) is 0 Å². The Labute approximate surface area is 150 Å². The van der Waals surface area contributed by atoms with Gasteiger partial charge in [0, 0.05) is 6.54 Å². The average Bonchev–Trinajstić information content (AvgIpc) is 2.63. The standard InChI is InChI=1S/C20H24N2O.ClH/c1-15(22-20(23)19-8-5-13-21-14-19)16-9-11-18(12-10-16)17-6-3-2-4-7-17;/h2-4,6-7,9-12,15,19,21H,5,8,13-14H2,1H3,(H,22,23);1H. The summed E-state index contributed by atoms with van der Waals surface area (Å²) in [6.45, 7) is 3.87. The van der Waals surface area contributed by atoms with Gasteiger partial charge in [-0.3, -0.25) is 4.79 Å². The number of piperidine rings is 1. The largest absolute Gasteiger partial charge is 0.349 e. The second kappa shape index (κ2) is 8.86. The van der Waals surface area contributed by atoms with Crippen molar-refractivity contribution in [3.05, 3.63) is 60.2 Å². The van der Waals surface area contributed by atoms with Gasteiger partial charge in [-0.25, -0.2) is 0 Å². The average molecular weight is 345 g/mol. The van der Waals surface area contributed by atoms with E-state index in [-0.39, 0.29) is 30.3 Å². The van der Waals surface area contributed by atoms with Crippen molar-refractivity contribution in [3.63, 3.8) is 0 Å². The van der Waals surface area contributed by atoms with Gasteiger partial charge in [0.2, 0.25) is 5.91 Å². The first-order valence-electron chi connectivity index (χ1n) is 8.40. The normalized spacial score (nSPS) is 18.3.